The van der Waals surface area contributed by atoms with Gasteiger partial charge >= 0.3 is 0 Å². The molecule has 1 aromatic carbocycles. The molecule has 16 heavy (non-hydrogen) atoms. The number of nitrogens with one attached hydrogen (secondary N) is 1. The molecule has 1 N–H and O–H groups in total. The molecule has 1 aliphatic heterocycles. The van der Waals surface area contributed by atoms with Crippen LogP contribution in [-0.2, 0) is 0 Å². The van der Waals surface area contributed by atoms with Crippen LogP contribution in [0.1, 0.15) is 29.9 Å². The van der Waals surface area contributed by atoms with Gasteiger partial charge < -0.3 is 9.73 Å². The van der Waals surface area contributed by atoms with Crippen LogP contribution in [0.3, 0.4) is 0 Å². The average Bonchev–Trinajstić information content (AvgIpc) is 2.73. The molecule has 0 bridgehead atoms. The van der Waals surface area contributed by atoms with Crippen LogP contribution in [0.4, 0.5) is 0 Å². The Kier molecular flexibility index (Phi) is 2.44. The Hall–Kier alpha value is -1.28. The quantitative estimate of drug-likeness (QED) is 0.790. The summed E-state index contributed by atoms with van der Waals surface area (Å²) in [6, 6.07) is 6.43. The highest BCUT2D eigenvalue weighted by Crippen LogP contribution is 2.33. The molecule has 1 saturated heterocycles. The second-order valence-corrected chi connectivity index (χ2v) is 4.71. The van der Waals surface area contributed by atoms with E-state index < -0.39 is 0 Å². The third-order valence-corrected chi connectivity index (χ3v) is 3.54. The van der Waals surface area contributed by atoms with Gasteiger partial charge in [0.15, 0.2) is 0 Å². The van der Waals surface area contributed by atoms with Crippen LogP contribution in [-0.4, -0.2) is 13.1 Å². The third-order valence-electron chi connectivity index (χ3n) is 3.54. The summed E-state index contributed by atoms with van der Waals surface area (Å²) < 4.78 is 5.64. The van der Waals surface area contributed by atoms with Crippen molar-refractivity contribution in [2.75, 3.05) is 13.1 Å². The number of fused-ring (bicyclic) bond motifs is 1. The van der Waals surface area contributed by atoms with Gasteiger partial charge in [0.1, 0.15) is 5.58 Å². The van der Waals surface area contributed by atoms with Crippen molar-refractivity contribution in [2.24, 2.45) is 0 Å². The fraction of sp³-hybridized carbons (Fsp3) is 0.429. The topological polar surface area (TPSA) is 25.2 Å². The molecule has 0 radical (unpaired) electrons. The monoisotopic (exact) mass is 215 g/mol. The molecule has 2 heterocycles. The molecule has 84 valence electrons. The van der Waals surface area contributed by atoms with Gasteiger partial charge in [-0.25, -0.2) is 0 Å². The molecule has 0 spiro atoms. The first-order valence-electron chi connectivity index (χ1n) is 6.03. The maximum Gasteiger partial charge on any atom is 0.134 e. The van der Waals surface area contributed by atoms with Crippen molar-refractivity contribution < 1.29 is 4.42 Å². The Morgan fingerprint density at radius 2 is 2.06 bits per heavy atom. The summed E-state index contributed by atoms with van der Waals surface area (Å²) in [6.07, 6.45) is 4.41. The number of furan rings is 1. The van der Waals surface area contributed by atoms with E-state index in [1.165, 1.54) is 29.4 Å². The molecule has 0 saturated carbocycles. The summed E-state index contributed by atoms with van der Waals surface area (Å²) in [4.78, 5) is 0. The van der Waals surface area contributed by atoms with Gasteiger partial charge in [-0.1, -0.05) is 11.6 Å². The zero-order valence-corrected chi connectivity index (χ0v) is 9.62. The summed E-state index contributed by atoms with van der Waals surface area (Å²) >= 11 is 0. The summed E-state index contributed by atoms with van der Waals surface area (Å²) in [5, 5.41) is 4.72. The molecular weight excluding hydrogens is 198 g/mol. The number of hydrogen-bond acceptors (Lipinski definition) is 2. The lowest BCUT2D eigenvalue weighted by Gasteiger charge is -2.21. The van der Waals surface area contributed by atoms with E-state index in [1.807, 2.05) is 6.26 Å². The second-order valence-electron chi connectivity index (χ2n) is 4.71. The van der Waals surface area contributed by atoms with E-state index in [-0.39, 0.29) is 0 Å². The van der Waals surface area contributed by atoms with Gasteiger partial charge in [-0.2, -0.15) is 0 Å². The first-order valence-corrected chi connectivity index (χ1v) is 6.03. The van der Waals surface area contributed by atoms with Gasteiger partial charge in [0, 0.05) is 10.9 Å². The molecule has 1 fully saturated rings. The van der Waals surface area contributed by atoms with Crippen molar-refractivity contribution in [3.63, 3.8) is 0 Å². The maximum atomic E-state index is 5.64. The maximum absolute atomic E-state index is 5.64. The Morgan fingerprint density at radius 1 is 1.25 bits per heavy atom. The summed E-state index contributed by atoms with van der Waals surface area (Å²) in [5.74, 6) is 0.671. The number of aryl methyl sites for hydroxylation is 1. The third kappa shape index (κ3) is 1.63. The number of piperidine rings is 1. The molecule has 1 aromatic heterocycles. The molecule has 2 aromatic rings. The SMILES string of the molecule is Cc1ccc2occ(C3CCNCC3)c2c1. The highest BCUT2D eigenvalue weighted by molar-refractivity contribution is 5.82. The van der Waals surface area contributed by atoms with Gasteiger partial charge in [0.2, 0.25) is 0 Å². The lowest BCUT2D eigenvalue weighted by molar-refractivity contribution is 0.457. The standard InChI is InChI=1S/C14H17NO/c1-10-2-3-14-12(8-10)13(9-16-14)11-4-6-15-7-5-11/h2-3,8-9,11,15H,4-7H2,1H3. The normalized spacial score (nSPS) is 18.1. The van der Waals surface area contributed by atoms with Crippen LogP contribution in [0, 0.1) is 6.92 Å². The Balaban J connectivity index is 2.05. The molecule has 2 heteroatoms. The first kappa shape index (κ1) is 9.91. The average molecular weight is 215 g/mol. The van der Waals surface area contributed by atoms with E-state index in [1.54, 1.807) is 0 Å². The van der Waals surface area contributed by atoms with Crippen LogP contribution < -0.4 is 5.32 Å². The van der Waals surface area contributed by atoms with Gasteiger partial charge in [0.05, 0.1) is 6.26 Å². The Labute approximate surface area is 95.6 Å². The van der Waals surface area contributed by atoms with Gasteiger partial charge in [-0.15, -0.1) is 0 Å². The Morgan fingerprint density at radius 3 is 2.88 bits per heavy atom. The molecular formula is C14H17NO. The lowest BCUT2D eigenvalue weighted by atomic mass is 9.90. The van der Waals surface area contributed by atoms with Crippen molar-refractivity contribution in [1.29, 1.82) is 0 Å². The van der Waals surface area contributed by atoms with Crippen molar-refractivity contribution >= 4 is 11.0 Å². The molecule has 0 amide bonds. The van der Waals surface area contributed by atoms with E-state index in [4.69, 9.17) is 4.42 Å². The predicted octanol–water partition coefficient (Wildman–Crippen LogP) is 3.21. The largest absolute Gasteiger partial charge is 0.464 e. The van der Waals surface area contributed by atoms with E-state index in [0.717, 1.165) is 18.7 Å². The van der Waals surface area contributed by atoms with Gasteiger partial charge in [-0.3, -0.25) is 0 Å². The zero-order chi connectivity index (χ0) is 11.0. The molecule has 2 nitrogen and oxygen atoms in total. The van der Waals surface area contributed by atoms with Crippen molar-refractivity contribution in [3.05, 3.63) is 35.6 Å². The van der Waals surface area contributed by atoms with E-state index in [9.17, 15) is 0 Å². The van der Waals surface area contributed by atoms with Crippen LogP contribution in [0.2, 0.25) is 0 Å². The van der Waals surface area contributed by atoms with Crippen molar-refractivity contribution in [2.45, 2.75) is 25.7 Å². The summed E-state index contributed by atoms with van der Waals surface area (Å²) in [6.45, 7) is 4.39. The highest BCUT2D eigenvalue weighted by Gasteiger charge is 2.19. The number of hydrogen-bond donors (Lipinski definition) is 1. The highest BCUT2D eigenvalue weighted by atomic mass is 16.3. The van der Waals surface area contributed by atoms with Crippen LogP contribution in [0.25, 0.3) is 11.0 Å². The van der Waals surface area contributed by atoms with Crippen LogP contribution in [0.5, 0.6) is 0 Å². The van der Waals surface area contributed by atoms with Gasteiger partial charge in [0.25, 0.3) is 0 Å². The van der Waals surface area contributed by atoms with Crippen LogP contribution >= 0.6 is 0 Å². The molecule has 0 aliphatic carbocycles. The van der Waals surface area contributed by atoms with Crippen molar-refractivity contribution in [3.8, 4) is 0 Å². The minimum atomic E-state index is 0.671. The van der Waals surface area contributed by atoms with Crippen LogP contribution in [0.15, 0.2) is 28.9 Å². The predicted molar refractivity (Wildman–Crippen MR) is 65.8 cm³/mol. The first-order chi connectivity index (χ1) is 7.84. The van der Waals surface area contributed by atoms with E-state index in [0.29, 0.717) is 5.92 Å². The minimum Gasteiger partial charge on any atom is -0.464 e. The van der Waals surface area contributed by atoms with E-state index >= 15 is 0 Å². The molecule has 0 atom stereocenters. The van der Waals surface area contributed by atoms with E-state index in [2.05, 4.69) is 30.4 Å². The molecule has 0 unspecified atom stereocenters. The number of rotatable bonds is 1. The number of benzene rings is 1. The fourth-order valence-electron chi connectivity index (χ4n) is 2.61. The molecule has 3 rings (SSSR count). The summed E-state index contributed by atoms with van der Waals surface area (Å²) in [5.41, 5.74) is 3.74. The fourth-order valence-corrected chi connectivity index (χ4v) is 2.61. The minimum absolute atomic E-state index is 0.671. The smallest absolute Gasteiger partial charge is 0.134 e. The lowest BCUT2D eigenvalue weighted by Crippen LogP contribution is -2.26. The molecule has 1 aliphatic rings. The zero-order valence-electron chi connectivity index (χ0n) is 9.62. The van der Waals surface area contributed by atoms with Gasteiger partial charge in [-0.05, 0) is 50.9 Å². The summed E-state index contributed by atoms with van der Waals surface area (Å²) in [7, 11) is 0. The second kappa shape index (κ2) is 3.95. The Bertz CT molecular complexity index is 494. The van der Waals surface area contributed by atoms with Crippen molar-refractivity contribution in [1.82, 2.24) is 5.32 Å².